The summed E-state index contributed by atoms with van der Waals surface area (Å²) >= 11 is 0. The van der Waals surface area contributed by atoms with E-state index >= 15 is 0 Å². The predicted octanol–water partition coefficient (Wildman–Crippen LogP) is 0.0563. The highest BCUT2D eigenvalue weighted by atomic mass is 16.1. The third-order valence-corrected chi connectivity index (χ3v) is 1.72. The van der Waals surface area contributed by atoms with Gasteiger partial charge in [-0.1, -0.05) is 13.5 Å². The van der Waals surface area contributed by atoms with Crippen molar-refractivity contribution < 1.29 is 9.69 Å². The van der Waals surface area contributed by atoms with Crippen LogP contribution < -0.4 is 4.90 Å². The van der Waals surface area contributed by atoms with Gasteiger partial charge < -0.3 is 4.90 Å². The number of likely N-dealkylation sites (N-methyl/N-ethyl adjacent to an activating group) is 1. The Morgan fingerprint density at radius 2 is 2.27 bits per heavy atom. The van der Waals surface area contributed by atoms with Gasteiger partial charge in [-0.2, -0.15) is 0 Å². The third-order valence-electron chi connectivity index (χ3n) is 1.72. The van der Waals surface area contributed by atoms with Gasteiger partial charge in [0, 0.05) is 6.42 Å². The first kappa shape index (κ1) is 10.4. The van der Waals surface area contributed by atoms with E-state index in [2.05, 4.69) is 13.6 Å². The first-order valence-electron chi connectivity index (χ1n) is 4.14. The molecule has 0 aromatic heterocycles. The summed E-state index contributed by atoms with van der Waals surface area (Å²) in [6, 6.07) is 0. The van der Waals surface area contributed by atoms with Crippen LogP contribution in [0.1, 0.15) is 19.8 Å². The molecule has 0 saturated carbocycles. The molecule has 64 valence electrons. The monoisotopic (exact) mass is 156 g/mol. The van der Waals surface area contributed by atoms with Crippen LogP contribution in [-0.4, -0.2) is 25.9 Å². The standard InChI is InChI=1S/C9H17NO/c1-4-7-10(3)8-6-9(11)5-2/h4H,1,5-8H2,2-3H3/p+1. The van der Waals surface area contributed by atoms with E-state index in [-0.39, 0.29) is 0 Å². The summed E-state index contributed by atoms with van der Waals surface area (Å²) in [5.74, 6) is 0.355. The maximum atomic E-state index is 10.9. The van der Waals surface area contributed by atoms with Crippen molar-refractivity contribution in [3.63, 3.8) is 0 Å². The Labute approximate surface area is 68.9 Å². The van der Waals surface area contributed by atoms with E-state index in [1.807, 2.05) is 13.0 Å². The third kappa shape index (κ3) is 5.80. The number of ketones is 1. The molecule has 0 aromatic rings. The van der Waals surface area contributed by atoms with E-state index in [1.54, 1.807) is 0 Å². The van der Waals surface area contributed by atoms with Crippen molar-refractivity contribution >= 4 is 5.78 Å². The SMILES string of the molecule is C=CC[NH+](C)CCC(=O)CC. The Morgan fingerprint density at radius 1 is 1.64 bits per heavy atom. The fourth-order valence-electron chi connectivity index (χ4n) is 0.878. The number of hydrogen-bond donors (Lipinski definition) is 1. The lowest BCUT2D eigenvalue weighted by Gasteiger charge is -2.09. The van der Waals surface area contributed by atoms with Crippen molar-refractivity contribution in [2.24, 2.45) is 0 Å². The summed E-state index contributed by atoms with van der Waals surface area (Å²) in [5, 5.41) is 0. The van der Waals surface area contributed by atoms with Gasteiger partial charge >= 0.3 is 0 Å². The second-order valence-electron chi connectivity index (χ2n) is 2.84. The van der Waals surface area contributed by atoms with Gasteiger partial charge in [-0.15, -0.1) is 0 Å². The van der Waals surface area contributed by atoms with Crippen molar-refractivity contribution in [3.05, 3.63) is 12.7 Å². The molecular weight excluding hydrogens is 138 g/mol. The maximum absolute atomic E-state index is 10.9. The zero-order valence-electron chi connectivity index (χ0n) is 7.52. The van der Waals surface area contributed by atoms with E-state index in [1.165, 1.54) is 4.90 Å². The fraction of sp³-hybridized carbons (Fsp3) is 0.667. The van der Waals surface area contributed by atoms with Crippen molar-refractivity contribution in [3.8, 4) is 0 Å². The van der Waals surface area contributed by atoms with Crippen LogP contribution in [0, 0.1) is 0 Å². The highest BCUT2D eigenvalue weighted by Crippen LogP contribution is 1.83. The van der Waals surface area contributed by atoms with E-state index in [9.17, 15) is 4.79 Å². The minimum absolute atomic E-state index is 0.355. The molecule has 0 fully saturated rings. The van der Waals surface area contributed by atoms with Gasteiger partial charge in [0.25, 0.3) is 0 Å². The molecule has 1 N–H and O–H groups in total. The molecule has 2 nitrogen and oxygen atoms in total. The highest BCUT2D eigenvalue weighted by molar-refractivity contribution is 5.77. The zero-order chi connectivity index (χ0) is 8.69. The van der Waals surface area contributed by atoms with Gasteiger partial charge in [0.1, 0.15) is 5.78 Å². The van der Waals surface area contributed by atoms with E-state index < -0.39 is 0 Å². The first-order valence-corrected chi connectivity index (χ1v) is 4.14. The van der Waals surface area contributed by atoms with Gasteiger partial charge in [0.05, 0.1) is 26.6 Å². The van der Waals surface area contributed by atoms with E-state index in [0.29, 0.717) is 18.6 Å². The molecule has 0 bridgehead atoms. The van der Waals surface area contributed by atoms with Gasteiger partial charge in [0.15, 0.2) is 0 Å². The summed E-state index contributed by atoms with van der Waals surface area (Å²) in [7, 11) is 2.07. The number of quaternary nitrogens is 1. The molecule has 0 aromatic carbocycles. The smallest absolute Gasteiger partial charge is 0.138 e. The Hall–Kier alpha value is -0.630. The maximum Gasteiger partial charge on any atom is 0.138 e. The molecule has 0 rings (SSSR count). The number of hydrogen-bond acceptors (Lipinski definition) is 1. The Balaban J connectivity index is 3.36. The topological polar surface area (TPSA) is 21.5 Å². The van der Waals surface area contributed by atoms with Gasteiger partial charge in [0.2, 0.25) is 0 Å². The lowest BCUT2D eigenvalue weighted by atomic mass is 10.2. The van der Waals surface area contributed by atoms with E-state index in [4.69, 9.17) is 0 Å². The molecule has 0 aliphatic carbocycles. The summed E-state index contributed by atoms with van der Waals surface area (Å²) in [6.45, 7) is 7.42. The van der Waals surface area contributed by atoms with Crippen LogP contribution >= 0.6 is 0 Å². The van der Waals surface area contributed by atoms with Crippen LogP contribution in [-0.2, 0) is 4.79 Å². The van der Waals surface area contributed by atoms with E-state index in [0.717, 1.165) is 13.1 Å². The molecule has 0 aliphatic rings. The number of carbonyl (C=O) groups is 1. The van der Waals surface area contributed by atoms with Crippen molar-refractivity contribution in [1.29, 1.82) is 0 Å². The fourth-order valence-corrected chi connectivity index (χ4v) is 0.878. The van der Waals surface area contributed by atoms with Crippen LogP contribution in [0.2, 0.25) is 0 Å². The molecule has 0 spiro atoms. The van der Waals surface area contributed by atoms with Gasteiger partial charge in [-0.05, 0) is 6.08 Å². The number of Topliss-reactive ketones (excluding diaryl/α,β-unsaturated/α-hetero) is 1. The molecule has 0 amide bonds. The molecule has 0 radical (unpaired) electrons. The van der Waals surface area contributed by atoms with Crippen molar-refractivity contribution in [1.82, 2.24) is 0 Å². The number of carbonyl (C=O) groups excluding carboxylic acids is 1. The zero-order valence-corrected chi connectivity index (χ0v) is 7.52. The normalized spacial score (nSPS) is 12.5. The number of rotatable bonds is 6. The Bertz CT molecular complexity index is 132. The predicted molar refractivity (Wildman–Crippen MR) is 46.7 cm³/mol. The molecule has 0 saturated heterocycles. The highest BCUT2D eigenvalue weighted by Gasteiger charge is 2.02. The van der Waals surface area contributed by atoms with Gasteiger partial charge in [-0.25, -0.2) is 0 Å². The number of nitrogens with one attached hydrogen (secondary N) is 1. The van der Waals surface area contributed by atoms with Crippen molar-refractivity contribution in [2.45, 2.75) is 19.8 Å². The minimum Gasteiger partial charge on any atom is -0.334 e. The van der Waals surface area contributed by atoms with Crippen molar-refractivity contribution in [2.75, 3.05) is 20.1 Å². The van der Waals surface area contributed by atoms with Crippen LogP contribution in [0.25, 0.3) is 0 Å². The first-order chi connectivity index (χ1) is 5.20. The molecule has 1 unspecified atom stereocenters. The molecule has 2 heteroatoms. The molecule has 11 heavy (non-hydrogen) atoms. The Morgan fingerprint density at radius 3 is 2.73 bits per heavy atom. The molecule has 0 heterocycles. The summed E-state index contributed by atoms with van der Waals surface area (Å²) in [5.41, 5.74) is 0. The summed E-state index contributed by atoms with van der Waals surface area (Å²) in [4.78, 5) is 12.2. The van der Waals surface area contributed by atoms with Crippen LogP contribution in [0.4, 0.5) is 0 Å². The average molecular weight is 156 g/mol. The molecular formula is C9H18NO+. The second kappa shape index (κ2) is 6.10. The van der Waals surface area contributed by atoms with Crippen LogP contribution in [0.15, 0.2) is 12.7 Å². The van der Waals surface area contributed by atoms with Crippen LogP contribution in [0.5, 0.6) is 0 Å². The second-order valence-corrected chi connectivity index (χ2v) is 2.84. The molecule has 0 aliphatic heterocycles. The lowest BCUT2D eigenvalue weighted by Crippen LogP contribution is -3.08. The summed E-state index contributed by atoms with van der Waals surface area (Å²) < 4.78 is 0. The average Bonchev–Trinajstić information content (AvgIpc) is 2.01. The Kier molecular flexibility index (Phi) is 5.75. The minimum atomic E-state index is 0.355. The lowest BCUT2D eigenvalue weighted by molar-refractivity contribution is -0.872. The largest absolute Gasteiger partial charge is 0.334 e. The van der Waals surface area contributed by atoms with Crippen LogP contribution in [0.3, 0.4) is 0 Å². The molecule has 1 atom stereocenters. The summed E-state index contributed by atoms with van der Waals surface area (Å²) in [6.07, 6.45) is 3.25. The van der Waals surface area contributed by atoms with Gasteiger partial charge in [-0.3, -0.25) is 4.79 Å². The quantitative estimate of drug-likeness (QED) is 0.539.